The van der Waals surface area contributed by atoms with Gasteiger partial charge in [0.2, 0.25) is 5.91 Å². The second-order valence-corrected chi connectivity index (χ2v) is 6.23. The monoisotopic (exact) mass is 336 g/mol. The van der Waals surface area contributed by atoms with Crippen molar-refractivity contribution in [2.45, 2.75) is 0 Å². The smallest absolute Gasteiger partial charge is 0.234 e. The van der Waals surface area contributed by atoms with Gasteiger partial charge in [-0.25, -0.2) is 0 Å². The van der Waals surface area contributed by atoms with E-state index in [1.807, 2.05) is 48.5 Å². The number of carbonyl (C=O) groups excluding carboxylic acids is 2. The maximum Gasteiger partial charge on any atom is 0.234 e. The maximum absolute atomic E-state index is 12.0. The number of Topliss-reactive ketones (excluding diaryl/α,β-unsaturated/α-hetero) is 1. The Morgan fingerprint density at radius 1 is 0.958 bits per heavy atom. The van der Waals surface area contributed by atoms with Crippen LogP contribution in [0.25, 0.3) is 10.9 Å². The first-order valence-electron chi connectivity index (χ1n) is 7.53. The number of pyridine rings is 1. The summed E-state index contributed by atoms with van der Waals surface area (Å²) in [6.45, 7) is 0. The topological polar surface area (TPSA) is 59.1 Å². The molecule has 0 atom stereocenters. The first-order valence-corrected chi connectivity index (χ1v) is 8.68. The van der Waals surface area contributed by atoms with Gasteiger partial charge in [-0.2, -0.15) is 0 Å². The molecule has 0 saturated heterocycles. The van der Waals surface area contributed by atoms with Gasteiger partial charge in [-0.15, -0.1) is 11.8 Å². The number of ketones is 1. The van der Waals surface area contributed by atoms with Gasteiger partial charge in [0.25, 0.3) is 0 Å². The van der Waals surface area contributed by atoms with E-state index in [0.29, 0.717) is 11.3 Å². The average molecular weight is 336 g/mol. The molecule has 0 bridgehead atoms. The number of hydrogen-bond acceptors (Lipinski definition) is 4. The summed E-state index contributed by atoms with van der Waals surface area (Å²) in [7, 11) is 0. The van der Waals surface area contributed by atoms with Crippen LogP contribution in [-0.2, 0) is 4.79 Å². The summed E-state index contributed by atoms with van der Waals surface area (Å²) in [6.07, 6.45) is 1.74. The molecule has 1 heterocycles. The summed E-state index contributed by atoms with van der Waals surface area (Å²) < 4.78 is 0. The van der Waals surface area contributed by atoms with Gasteiger partial charge in [0.05, 0.1) is 17.0 Å². The van der Waals surface area contributed by atoms with Crippen LogP contribution in [0.1, 0.15) is 10.4 Å². The molecule has 1 N–H and O–H groups in total. The Labute approximate surface area is 144 Å². The summed E-state index contributed by atoms with van der Waals surface area (Å²) >= 11 is 1.31. The summed E-state index contributed by atoms with van der Waals surface area (Å²) in [6, 6.07) is 18.5. The molecule has 0 unspecified atom stereocenters. The van der Waals surface area contributed by atoms with Crippen LogP contribution in [0.15, 0.2) is 66.9 Å². The lowest BCUT2D eigenvalue weighted by Gasteiger charge is -2.06. The van der Waals surface area contributed by atoms with E-state index in [2.05, 4.69) is 10.3 Å². The van der Waals surface area contributed by atoms with Gasteiger partial charge in [-0.3, -0.25) is 14.6 Å². The molecular weight excluding hydrogens is 320 g/mol. The number of nitrogens with zero attached hydrogens (tertiary/aromatic N) is 1. The van der Waals surface area contributed by atoms with Gasteiger partial charge in [-0.05, 0) is 24.3 Å². The van der Waals surface area contributed by atoms with E-state index in [1.54, 1.807) is 18.3 Å². The van der Waals surface area contributed by atoms with E-state index in [1.165, 1.54) is 11.8 Å². The van der Waals surface area contributed by atoms with Crippen LogP contribution in [0, 0.1) is 0 Å². The molecule has 0 radical (unpaired) electrons. The number of anilines is 1. The molecule has 0 fully saturated rings. The molecule has 0 aliphatic carbocycles. The molecule has 5 heteroatoms. The van der Waals surface area contributed by atoms with Crippen LogP contribution < -0.4 is 5.32 Å². The van der Waals surface area contributed by atoms with E-state index in [9.17, 15) is 9.59 Å². The van der Waals surface area contributed by atoms with E-state index in [0.717, 1.165) is 16.6 Å². The number of hydrogen-bond donors (Lipinski definition) is 1. The van der Waals surface area contributed by atoms with E-state index >= 15 is 0 Å². The third kappa shape index (κ3) is 4.20. The fourth-order valence-corrected chi connectivity index (χ4v) is 3.01. The number of nitrogens with one attached hydrogen (secondary N) is 1. The second kappa shape index (κ2) is 7.75. The number of fused-ring (bicyclic) bond motifs is 1. The molecule has 1 amide bonds. The molecule has 24 heavy (non-hydrogen) atoms. The molecule has 0 aliphatic heterocycles. The first-order chi connectivity index (χ1) is 11.7. The number of amides is 1. The summed E-state index contributed by atoms with van der Waals surface area (Å²) in [5, 5.41) is 3.82. The number of benzene rings is 2. The quantitative estimate of drug-likeness (QED) is 0.696. The highest BCUT2D eigenvalue weighted by Gasteiger charge is 2.08. The highest BCUT2D eigenvalue weighted by molar-refractivity contribution is 8.00. The van der Waals surface area contributed by atoms with E-state index < -0.39 is 0 Å². The largest absolute Gasteiger partial charge is 0.325 e. The van der Waals surface area contributed by atoms with Crippen LogP contribution in [0.2, 0.25) is 0 Å². The zero-order valence-corrected chi connectivity index (χ0v) is 13.8. The first kappa shape index (κ1) is 16.2. The normalized spacial score (nSPS) is 10.5. The fourth-order valence-electron chi connectivity index (χ4n) is 2.29. The fraction of sp³-hybridized carbons (Fsp3) is 0.105. The predicted octanol–water partition coefficient (Wildman–Crippen LogP) is 3.79. The minimum atomic E-state index is -0.121. The molecule has 1 aromatic heterocycles. The van der Waals surface area contributed by atoms with Crippen molar-refractivity contribution in [1.29, 1.82) is 0 Å². The number of rotatable bonds is 6. The van der Waals surface area contributed by atoms with Crippen molar-refractivity contribution >= 4 is 40.0 Å². The van der Waals surface area contributed by atoms with Crippen molar-refractivity contribution < 1.29 is 9.59 Å². The van der Waals surface area contributed by atoms with Crippen LogP contribution in [0.5, 0.6) is 0 Å². The second-order valence-electron chi connectivity index (χ2n) is 5.24. The van der Waals surface area contributed by atoms with Gasteiger partial charge < -0.3 is 5.32 Å². The van der Waals surface area contributed by atoms with Crippen LogP contribution in [0.4, 0.5) is 5.69 Å². The lowest BCUT2D eigenvalue weighted by Crippen LogP contribution is -2.15. The molecule has 4 nitrogen and oxygen atoms in total. The summed E-state index contributed by atoms with van der Waals surface area (Å²) in [5.41, 5.74) is 2.29. The standard InChI is InChI=1S/C19H16N2O2S/c22-18(14-5-2-1-3-6-14)12-24-13-19(23)21-16-8-9-17-15(11-16)7-4-10-20-17/h1-11H,12-13H2,(H,21,23). The van der Waals surface area contributed by atoms with Gasteiger partial charge in [0, 0.05) is 22.8 Å². The Bertz CT molecular complexity index is 865. The highest BCUT2D eigenvalue weighted by atomic mass is 32.2. The van der Waals surface area contributed by atoms with Crippen molar-refractivity contribution in [2.75, 3.05) is 16.8 Å². The van der Waals surface area contributed by atoms with Crippen LogP contribution >= 0.6 is 11.8 Å². The summed E-state index contributed by atoms with van der Waals surface area (Å²) in [4.78, 5) is 28.2. The average Bonchev–Trinajstić information content (AvgIpc) is 2.62. The Kier molecular flexibility index (Phi) is 5.23. The van der Waals surface area contributed by atoms with Crippen LogP contribution in [0.3, 0.4) is 0 Å². The van der Waals surface area contributed by atoms with Gasteiger partial charge in [0.15, 0.2) is 5.78 Å². The predicted molar refractivity (Wildman–Crippen MR) is 98.5 cm³/mol. The molecule has 0 aliphatic rings. The van der Waals surface area contributed by atoms with Gasteiger partial charge >= 0.3 is 0 Å². The third-order valence-corrected chi connectivity index (χ3v) is 4.38. The van der Waals surface area contributed by atoms with Crippen LogP contribution in [-0.4, -0.2) is 28.2 Å². The third-order valence-electron chi connectivity index (χ3n) is 3.45. The minimum Gasteiger partial charge on any atom is -0.325 e. The molecule has 3 rings (SSSR count). The van der Waals surface area contributed by atoms with E-state index in [-0.39, 0.29) is 17.4 Å². The highest BCUT2D eigenvalue weighted by Crippen LogP contribution is 2.17. The van der Waals surface area contributed by atoms with Crippen molar-refractivity contribution in [3.8, 4) is 0 Å². The molecule has 2 aromatic carbocycles. The van der Waals surface area contributed by atoms with Crippen molar-refractivity contribution in [1.82, 2.24) is 4.98 Å². The Hall–Kier alpha value is -2.66. The zero-order valence-electron chi connectivity index (χ0n) is 12.9. The molecular formula is C19H16N2O2S. The molecule has 0 spiro atoms. The zero-order chi connectivity index (χ0) is 16.8. The van der Waals surface area contributed by atoms with Crippen molar-refractivity contribution in [3.63, 3.8) is 0 Å². The maximum atomic E-state index is 12.0. The SMILES string of the molecule is O=C(CSCC(=O)c1ccccc1)Nc1ccc2ncccc2c1. The van der Waals surface area contributed by atoms with E-state index in [4.69, 9.17) is 0 Å². The Morgan fingerprint density at radius 2 is 1.79 bits per heavy atom. The molecule has 0 saturated carbocycles. The van der Waals surface area contributed by atoms with Gasteiger partial charge in [-0.1, -0.05) is 36.4 Å². The molecule has 3 aromatic rings. The molecule has 120 valence electrons. The van der Waals surface area contributed by atoms with Crippen molar-refractivity contribution in [3.05, 3.63) is 72.4 Å². The van der Waals surface area contributed by atoms with Gasteiger partial charge in [0.1, 0.15) is 0 Å². The van der Waals surface area contributed by atoms with Crippen molar-refractivity contribution in [2.24, 2.45) is 0 Å². The number of carbonyl (C=O) groups is 2. The number of thioether (sulfide) groups is 1. The number of aromatic nitrogens is 1. The minimum absolute atomic E-state index is 0.0326. The Balaban J connectivity index is 1.51. The Morgan fingerprint density at radius 3 is 2.62 bits per heavy atom. The lowest BCUT2D eigenvalue weighted by molar-refractivity contribution is -0.113. The lowest BCUT2D eigenvalue weighted by atomic mass is 10.2. The summed E-state index contributed by atoms with van der Waals surface area (Å²) in [5.74, 6) is 0.442.